The van der Waals surface area contributed by atoms with Crippen LogP contribution in [0.15, 0.2) is 42.5 Å². The monoisotopic (exact) mass is 478 g/mol. The third-order valence-corrected chi connectivity index (χ3v) is 5.48. The minimum atomic E-state index is -0.119. The lowest BCUT2D eigenvalue weighted by atomic mass is 9.99. The third kappa shape index (κ3) is 3.79. The van der Waals surface area contributed by atoms with Gasteiger partial charge in [-0.1, -0.05) is 36.4 Å². The number of hydrogen-bond donors (Lipinski definition) is 1. The van der Waals surface area contributed by atoms with Crippen LogP contribution >= 0.6 is 0 Å². The predicted octanol–water partition coefficient (Wildman–Crippen LogP) is -0.891. The molecule has 5 nitrogen and oxygen atoms in total. The highest BCUT2D eigenvalue weighted by Gasteiger charge is 2.30. The minimum Gasteiger partial charge on any atom is -1.00 e. The second-order valence-electron chi connectivity index (χ2n) is 7.26. The van der Waals surface area contributed by atoms with E-state index >= 15 is 0 Å². The van der Waals surface area contributed by atoms with Gasteiger partial charge >= 0.3 is 0 Å². The Morgan fingerprint density at radius 2 is 1.70 bits per heavy atom. The second-order valence-corrected chi connectivity index (χ2v) is 7.26. The minimum absolute atomic E-state index is 0. The molecule has 4 rings (SSSR count). The number of fused-ring (bicyclic) bond motifs is 3. The highest BCUT2D eigenvalue weighted by molar-refractivity contribution is 6.24. The summed E-state index contributed by atoms with van der Waals surface area (Å²) in [5, 5.41) is 3.04. The van der Waals surface area contributed by atoms with Crippen LogP contribution in [0.3, 0.4) is 0 Å². The van der Waals surface area contributed by atoms with Crippen LogP contribution < -0.4 is 29.3 Å². The van der Waals surface area contributed by atoms with Gasteiger partial charge in [0.1, 0.15) is 13.1 Å². The van der Waals surface area contributed by atoms with E-state index in [-0.39, 0.29) is 35.7 Å². The van der Waals surface area contributed by atoms with Gasteiger partial charge in [-0.15, -0.1) is 0 Å². The Hall–Kier alpha value is -1.77. The summed E-state index contributed by atoms with van der Waals surface area (Å²) in [5.74, 6) is -0.122. The molecule has 0 aromatic heterocycles. The lowest BCUT2D eigenvalue weighted by molar-refractivity contribution is -0.915. The van der Waals surface area contributed by atoms with E-state index in [9.17, 15) is 9.59 Å². The summed E-state index contributed by atoms with van der Waals surface area (Å²) < 4.78 is 6.33. The van der Waals surface area contributed by atoms with Gasteiger partial charge in [0.15, 0.2) is 5.78 Å². The molecule has 6 heteroatoms. The van der Waals surface area contributed by atoms with Crippen molar-refractivity contribution in [3.8, 4) is 11.1 Å². The number of carbonyl (C=O) groups excluding carboxylic acids is 2. The van der Waals surface area contributed by atoms with E-state index in [1.807, 2.05) is 24.3 Å². The van der Waals surface area contributed by atoms with E-state index in [1.54, 1.807) is 18.2 Å². The summed E-state index contributed by atoms with van der Waals surface area (Å²) >= 11 is 0. The van der Waals surface area contributed by atoms with Crippen molar-refractivity contribution in [1.29, 1.82) is 0 Å². The van der Waals surface area contributed by atoms with Crippen LogP contribution in [0, 0.1) is 0 Å². The fraction of sp³-hybridized carbons (Fsp3) is 0.333. The molecule has 2 aliphatic rings. The van der Waals surface area contributed by atoms with E-state index in [0.29, 0.717) is 23.2 Å². The van der Waals surface area contributed by atoms with E-state index in [4.69, 9.17) is 4.74 Å². The molecule has 1 saturated heterocycles. The number of amides is 1. The van der Waals surface area contributed by atoms with Crippen molar-refractivity contribution in [3.63, 3.8) is 0 Å². The first-order valence-electron chi connectivity index (χ1n) is 9.06. The Kier molecular flexibility index (Phi) is 5.98. The number of hydrogen-bond acceptors (Lipinski definition) is 3. The number of rotatable bonds is 4. The van der Waals surface area contributed by atoms with Crippen molar-refractivity contribution in [3.05, 3.63) is 59.2 Å². The molecule has 27 heavy (non-hydrogen) atoms. The van der Waals surface area contributed by atoms with E-state index in [0.717, 1.165) is 48.5 Å². The number of halogens is 1. The lowest BCUT2D eigenvalue weighted by Crippen LogP contribution is -3.00. The van der Waals surface area contributed by atoms with E-state index in [1.165, 1.54) is 0 Å². The van der Waals surface area contributed by atoms with Crippen LogP contribution in [0.2, 0.25) is 0 Å². The smallest absolute Gasteiger partial charge is 0.252 e. The number of likely N-dealkylation sites (N-methyl/N-ethyl adjacent to an activating group) is 1. The van der Waals surface area contributed by atoms with Gasteiger partial charge in [0, 0.05) is 22.3 Å². The topological polar surface area (TPSA) is 55.4 Å². The maximum atomic E-state index is 12.8. The maximum absolute atomic E-state index is 12.8. The zero-order chi connectivity index (χ0) is 18.1. The van der Waals surface area contributed by atoms with Gasteiger partial charge in [-0.25, -0.2) is 0 Å². The first-order valence-corrected chi connectivity index (χ1v) is 9.06. The molecule has 142 valence electrons. The maximum Gasteiger partial charge on any atom is 0.252 e. The zero-order valence-electron chi connectivity index (χ0n) is 15.3. The van der Waals surface area contributed by atoms with Gasteiger partial charge < -0.3 is 38.5 Å². The van der Waals surface area contributed by atoms with Crippen molar-refractivity contribution in [2.45, 2.75) is 0 Å². The van der Waals surface area contributed by atoms with Crippen LogP contribution in [-0.4, -0.2) is 62.6 Å². The molecule has 1 fully saturated rings. The molecule has 1 N–H and O–H groups in total. The lowest BCUT2D eigenvalue weighted by Gasteiger charge is -2.37. The van der Waals surface area contributed by atoms with Gasteiger partial charge in [0.2, 0.25) is 0 Å². The highest BCUT2D eigenvalue weighted by atomic mass is 127. The summed E-state index contributed by atoms with van der Waals surface area (Å²) in [6, 6.07) is 12.9. The average molecular weight is 478 g/mol. The number of nitrogens with zero attached hydrogens (tertiary/aromatic N) is 1. The zero-order valence-corrected chi connectivity index (χ0v) is 17.5. The van der Waals surface area contributed by atoms with Crippen LogP contribution in [0.1, 0.15) is 26.3 Å². The fourth-order valence-corrected chi connectivity index (χ4v) is 3.81. The summed E-state index contributed by atoms with van der Waals surface area (Å²) in [6.45, 7) is 4.97. The molecule has 1 heterocycles. The molecule has 0 unspecified atom stereocenters. The normalized spacial score (nSPS) is 16.9. The third-order valence-electron chi connectivity index (χ3n) is 5.48. The molecular formula is C21H23IN2O3. The Balaban J connectivity index is 0.00000210. The molecule has 0 atom stereocenters. The van der Waals surface area contributed by atoms with E-state index in [2.05, 4.69) is 12.4 Å². The number of ether oxygens (including phenoxy) is 1. The summed E-state index contributed by atoms with van der Waals surface area (Å²) in [6.07, 6.45) is 0. The standard InChI is InChI=1S/C21H22N2O3.HI/c1-23(11-13-26-14-12-23)10-9-22-21(25)18-8-4-7-17-19(18)15-5-2-3-6-16(15)20(17)24;/h2-8H,9-14H2,1H3;1H. The average Bonchev–Trinajstić information content (AvgIpc) is 2.95. The molecule has 1 aliphatic carbocycles. The van der Waals surface area contributed by atoms with Crippen molar-refractivity contribution >= 4 is 11.7 Å². The van der Waals surface area contributed by atoms with Gasteiger partial charge in [-0.05, 0) is 11.6 Å². The van der Waals surface area contributed by atoms with Gasteiger partial charge in [-0.3, -0.25) is 9.59 Å². The number of quaternary nitrogens is 1. The Labute approximate surface area is 176 Å². The van der Waals surface area contributed by atoms with Crippen molar-refractivity contribution in [2.75, 3.05) is 46.4 Å². The number of nitrogens with one attached hydrogen (secondary N) is 1. The largest absolute Gasteiger partial charge is 1.00 e. The van der Waals surface area contributed by atoms with Crippen LogP contribution in [0.25, 0.3) is 11.1 Å². The van der Waals surface area contributed by atoms with Crippen LogP contribution in [-0.2, 0) is 4.74 Å². The first kappa shape index (κ1) is 20.0. The molecule has 2 aromatic carbocycles. The molecule has 0 spiro atoms. The molecule has 0 saturated carbocycles. The number of carbonyl (C=O) groups is 2. The molecule has 0 bridgehead atoms. The highest BCUT2D eigenvalue weighted by Crippen LogP contribution is 2.38. The summed E-state index contributed by atoms with van der Waals surface area (Å²) in [4.78, 5) is 25.4. The first-order chi connectivity index (χ1) is 12.6. The number of morpholine rings is 1. The Morgan fingerprint density at radius 3 is 2.44 bits per heavy atom. The second kappa shape index (κ2) is 8.08. The van der Waals surface area contributed by atoms with Crippen molar-refractivity contribution in [2.24, 2.45) is 0 Å². The summed E-state index contributed by atoms with van der Waals surface area (Å²) in [5.41, 5.74) is 3.48. The quantitative estimate of drug-likeness (QED) is 0.391. The van der Waals surface area contributed by atoms with Gasteiger partial charge in [-0.2, -0.15) is 0 Å². The molecule has 2 aromatic rings. The Morgan fingerprint density at radius 1 is 1.04 bits per heavy atom. The van der Waals surface area contributed by atoms with Crippen molar-refractivity contribution < 1.29 is 42.8 Å². The number of ketones is 1. The SMILES string of the molecule is C[N+]1(CCNC(=O)c2cccc3c2-c2ccccc2C3=O)CCOCC1.[I-]. The van der Waals surface area contributed by atoms with Crippen LogP contribution in [0.4, 0.5) is 0 Å². The van der Waals surface area contributed by atoms with Gasteiger partial charge in [0.05, 0.1) is 33.4 Å². The Bertz CT molecular complexity index is 875. The fourth-order valence-electron chi connectivity index (χ4n) is 3.81. The van der Waals surface area contributed by atoms with E-state index < -0.39 is 0 Å². The predicted molar refractivity (Wildman–Crippen MR) is 99.2 cm³/mol. The molecular weight excluding hydrogens is 455 g/mol. The number of benzene rings is 2. The van der Waals surface area contributed by atoms with Crippen LogP contribution in [0.5, 0.6) is 0 Å². The van der Waals surface area contributed by atoms with Crippen molar-refractivity contribution in [1.82, 2.24) is 5.32 Å². The molecule has 1 amide bonds. The molecule has 0 radical (unpaired) electrons. The molecule has 1 aliphatic heterocycles. The van der Waals surface area contributed by atoms with Gasteiger partial charge in [0.25, 0.3) is 5.91 Å². The summed E-state index contributed by atoms with van der Waals surface area (Å²) in [7, 11) is 2.20.